The molecule has 35 heavy (non-hydrogen) atoms. The first-order chi connectivity index (χ1) is 16.9. The first-order valence-electron chi connectivity index (χ1n) is 10.6. The van der Waals surface area contributed by atoms with Gasteiger partial charge in [-0.3, -0.25) is 14.9 Å². The topological polar surface area (TPSA) is 88.7 Å². The number of anilines is 2. The molecule has 10 heteroatoms. The molecule has 7 nitrogen and oxygen atoms in total. The summed E-state index contributed by atoms with van der Waals surface area (Å²) in [5, 5.41) is 8.09. The van der Waals surface area contributed by atoms with Crippen molar-refractivity contribution >= 4 is 52.1 Å². The van der Waals surface area contributed by atoms with Gasteiger partial charge in [-0.25, -0.2) is 4.39 Å². The molecule has 0 bridgehead atoms. The SMILES string of the molecule is CCOCCOc1ccc(C(=O)NC(=S)Nc2cccc(C(=O)Nc3ccc(F)c(Cl)c3)c2)cc1. The van der Waals surface area contributed by atoms with E-state index in [1.54, 1.807) is 48.5 Å². The van der Waals surface area contributed by atoms with Crippen LogP contribution in [0.5, 0.6) is 5.75 Å². The second kappa shape index (κ2) is 12.8. The lowest BCUT2D eigenvalue weighted by atomic mass is 10.2. The molecule has 3 aromatic carbocycles. The minimum atomic E-state index is -0.576. The average Bonchev–Trinajstić information content (AvgIpc) is 2.84. The van der Waals surface area contributed by atoms with Gasteiger partial charge in [0.1, 0.15) is 18.2 Å². The van der Waals surface area contributed by atoms with Gasteiger partial charge in [-0.05, 0) is 79.8 Å². The second-order valence-corrected chi connectivity index (χ2v) is 7.96. The summed E-state index contributed by atoms with van der Waals surface area (Å²) in [4.78, 5) is 25.0. The Hall–Kier alpha value is -3.53. The number of carbonyl (C=O) groups is 2. The molecule has 2 amide bonds. The number of hydrogen-bond acceptors (Lipinski definition) is 5. The maximum atomic E-state index is 13.3. The van der Waals surface area contributed by atoms with E-state index in [9.17, 15) is 14.0 Å². The molecule has 0 saturated carbocycles. The number of hydrogen-bond donors (Lipinski definition) is 3. The van der Waals surface area contributed by atoms with Gasteiger partial charge >= 0.3 is 0 Å². The Kier molecular flexibility index (Phi) is 9.54. The quantitative estimate of drug-likeness (QED) is 0.266. The molecule has 0 heterocycles. The molecule has 3 rings (SSSR count). The number of halogens is 2. The van der Waals surface area contributed by atoms with E-state index in [1.165, 1.54) is 18.2 Å². The number of carbonyl (C=O) groups excluding carboxylic acids is 2. The third kappa shape index (κ3) is 8.03. The van der Waals surface area contributed by atoms with Crippen molar-refractivity contribution in [3.63, 3.8) is 0 Å². The smallest absolute Gasteiger partial charge is 0.257 e. The fourth-order valence-electron chi connectivity index (χ4n) is 2.92. The van der Waals surface area contributed by atoms with Gasteiger partial charge in [-0.1, -0.05) is 17.7 Å². The fraction of sp³-hybridized carbons (Fsp3) is 0.160. The van der Waals surface area contributed by atoms with E-state index >= 15 is 0 Å². The average molecular weight is 516 g/mol. The van der Waals surface area contributed by atoms with Gasteiger partial charge in [0.15, 0.2) is 5.11 Å². The van der Waals surface area contributed by atoms with Crippen LogP contribution in [0.15, 0.2) is 66.7 Å². The standard InChI is InChI=1S/C25H23ClFN3O4S/c1-2-33-12-13-34-20-9-6-16(7-10-20)23(31)30-25(35)29-18-5-3-4-17(14-18)24(32)28-19-8-11-22(27)21(26)15-19/h3-11,14-15H,2,12-13H2,1H3,(H,28,32)(H2,29,30,31,35). The normalized spacial score (nSPS) is 10.4. The van der Waals surface area contributed by atoms with E-state index in [-0.39, 0.29) is 10.1 Å². The number of ether oxygens (including phenoxy) is 2. The van der Waals surface area contributed by atoms with Crippen molar-refractivity contribution in [2.24, 2.45) is 0 Å². The van der Waals surface area contributed by atoms with Crippen LogP contribution in [0.4, 0.5) is 15.8 Å². The van der Waals surface area contributed by atoms with E-state index in [4.69, 9.17) is 33.3 Å². The molecule has 0 radical (unpaired) electrons. The summed E-state index contributed by atoms with van der Waals surface area (Å²) in [5.41, 5.74) is 1.58. The van der Waals surface area contributed by atoms with Gasteiger partial charge in [-0.15, -0.1) is 0 Å². The molecule has 0 aliphatic carbocycles. The number of benzene rings is 3. The minimum absolute atomic E-state index is 0.0647. The lowest BCUT2D eigenvalue weighted by Gasteiger charge is -2.12. The molecule has 0 atom stereocenters. The summed E-state index contributed by atoms with van der Waals surface area (Å²) in [6.45, 7) is 3.44. The summed E-state index contributed by atoms with van der Waals surface area (Å²) in [6.07, 6.45) is 0. The molecule has 0 aromatic heterocycles. The van der Waals surface area contributed by atoms with Gasteiger partial charge in [0.05, 0.1) is 11.6 Å². The molecule has 0 fully saturated rings. The van der Waals surface area contributed by atoms with Crippen LogP contribution in [-0.4, -0.2) is 36.7 Å². The van der Waals surface area contributed by atoms with Crippen molar-refractivity contribution in [3.05, 3.63) is 88.7 Å². The maximum Gasteiger partial charge on any atom is 0.257 e. The molecule has 0 aliphatic heterocycles. The van der Waals surface area contributed by atoms with Crippen LogP contribution < -0.4 is 20.7 Å². The zero-order valence-electron chi connectivity index (χ0n) is 18.8. The van der Waals surface area contributed by atoms with E-state index in [2.05, 4.69) is 16.0 Å². The summed E-state index contributed by atoms with van der Waals surface area (Å²) < 4.78 is 24.1. The molecular formula is C25H23ClFN3O4S. The Morgan fingerprint density at radius 1 is 0.914 bits per heavy atom. The molecule has 0 aliphatic rings. The monoisotopic (exact) mass is 515 g/mol. The van der Waals surface area contributed by atoms with Crippen LogP contribution in [-0.2, 0) is 4.74 Å². The van der Waals surface area contributed by atoms with Crippen LogP contribution in [0.3, 0.4) is 0 Å². The highest BCUT2D eigenvalue weighted by Crippen LogP contribution is 2.20. The predicted octanol–water partition coefficient (Wildman–Crippen LogP) is 5.27. The van der Waals surface area contributed by atoms with Crippen molar-refractivity contribution in [3.8, 4) is 5.75 Å². The number of amides is 2. The van der Waals surface area contributed by atoms with E-state index in [0.717, 1.165) is 0 Å². The van der Waals surface area contributed by atoms with Gasteiger partial charge in [0, 0.05) is 29.1 Å². The molecule has 3 N–H and O–H groups in total. The molecular weight excluding hydrogens is 493 g/mol. The Balaban J connectivity index is 1.54. The van der Waals surface area contributed by atoms with Crippen molar-refractivity contribution in [1.82, 2.24) is 5.32 Å². The van der Waals surface area contributed by atoms with E-state index < -0.39 is 17.6 Å². The number of rotatable bonds is 9. The molecule has 3 aromatic rings. The van der Waals surface area contributed by atoms with Gasteiger partial charge in [0.2, 0.25) is 0 Å². The van der Waals surface area contributed by atoms with Crippen molar-refractivity contribution in [2.75, 3.05) is 30.5 Å². The predicted molar refractivity (Wildman–Crippen MR) is 138 cm³/mol. The van der Waals surface area contributed by atoms with Crippen LogP contribution in [0.1, 0.15) is 27.6 Å². The zero-order chi connectivity index (χ0) is 25.2. The van der Waals surface area contributed by atoms with E-state index in [1.807, 2.05) is 6.92 Å². The Morgan fingerprint density at radius 2 is 1.66 bits per heavy atom. The van der Waals surface area contributed by atoms with Crippen LogP contribution >= 0.6 is 23.8 Å². The Morgan fingerprint density at radius 3 is 2.37 bits per heavy atom. The van der Waals surface area contributed by atoms with Crippen LogP contribution in [0.25, 0.3) is 0 Å². The summed E-state index contributed by atoms with van der Waals surface area (Å²) >= 11 is 11.0. The lowest BCUT2D eigenvalue weighted by molar-refractivity contribution is 0.0975. The third-order valence-electron chi connectivity index (χ3n) is 4.60. The van der Waals surface area contributed by atoms with Crippen molar-refractivity contribution < 1.29 is 23.5 Å². The highest BCUT2D eigenvalue weighted by molar-refractivity contribution is 7.80. The van der Waals surface area contributed by atoms with Gasteiger partial charge < -0.3 is 20.1 Å². The highest BCUT2D eigenvalue weighted by atomic mass is 35.5. The summed E-state index contributed by atoms with van der Waals surface area (Å²) in [7, 11) is 0. The number of nitrogens with one attached hydrogen (secondary N) is 3. The first kappa shape index (κ1) is 26.1. The maximum absolute atomic E-state index is 13.3. The summed E-state index contributed by atoms with van der Waals surface area (Å²) in [5.74, 6) is -0.770. The first-order valence-corrected chi connectivity index (χ1v) is 11.4. The third-order valence-corrected chi connectivity index (χ3v) is 5.10. The van der Waals surface area contributed by atoms with Gasteiger partial charge in [0.25, 0.3) is 11.8 Å². The molecule has 0 spiro atoms. The fourth-order valence-corrected chi connectivity index (χ4v) is 3.31. The van der Waals surface area contributed by atoms with Crippen molar-refractivity contribution in [2.45, 2.75) is 6.92 Å². The Labute approximate surface area is 212 Å². The largest absolute Gasteiger partial charge is 0.491 e. The van der Waals surface area contributed by atoms with Crippen LogP contribution in [0, 0.1) is 5.82 Å². The van der Waals surface area contributed by atoms with Gasteiger partial charge in [-0.2, -0.15) is 0 Å². The minimum Gasteiger partial charge on any atom is -0.491 e. The zero-order valence-corrected chi connectivity index (χ0v) is 20.3. The second-order valence-electron chi connectivity index (χ2n) is 7.14. The highest BCUT2D eigenvalue weighted by Gasteiger charge is 2.11. The molecule has 0 saturated heterocycles. The lowest BCUT2D eigenvalue weighted by Crippen LogP contribution is -2.34. The number of thiocarbonyl (C=S) groups is 1. The summed E-state index contributed by atoms with van der Waals surface area (Å²) in [6, 6.07) is 17.0. The van der Waals surface area contributed by atoms with E-state index in [0.29, 0.717) is 48.1 Å². The Bertz CT molecular complexity index is 1210. The van der Waals surface area contributed by atoms with Crippen molar-refractivity contribution in [1.29, 1.82) is 0 Å². The molecule has 0 unspecified atom stereocenters. The molecule has 182 valence electrons. The van der Waals surface area contributed by atoms with Crippen LogP contribution in [0.2, 0.25) is 5.02 Å².